The van der Waals surface area contributed by atoms with Crippen molar-refractivity contribution in [2.45, 2.75) is 38.2 Å². The third kappa shape index (κ3) is 2.80. The summed E-state index contributed by atoms with van der Waals surface area (Å²) in [5, 5.41) is 12.6. The molecule has 1 atom stereocenters. The zero-order valence-electron chi connectivity index (χ0n) is 7.34. The van der Waals surface area contributed by atoms with Gasteiger partial charge in [-0.15, -0.1) is 0 Å². The van der Waals surface area contributed by atoms with E-state index >= 15 is 0 Å². The van der Waals surface area contributed by atoms with E-state index in [0.717, 1.165) is 6.54 Å². The Morgan fingerprint density at radius 2 is 2.00 bits per heavy atom. The summed E-state index contributed by atoms with van der Waals surface area (Å²) in [4.78, 5) is 0. The molecule has 11 heavy (non-hydrogen) atoms. The maximum absolute atomic E-state index is 9.61. The predicted molar refractivity (Wildman–Crippen MR) is 46.5 cm³/mol. The predicted octanol–water partition coefficient (Wildman–Crippen LogP) is 1.15. The third-order valence-corrected chi connectivity index (χ3v) is 2.61. The van der Waals surface area contributed by atoms with Gasteiger partial charge >= 0.3 is 0 Å². The molecule has 0 radical (unpaired) electrons. The molecule has 0 saturated heterocycles. The van der Waals surface area contributed by atoms with Crippen LogP contribution in [0, 0.1) is 5.92 Å². The number of aliphatic hydroxyl groups is 1. The summed E-state index contributed by atoms with van der Waals surface area (Å²) in [5.41, 5.74) is 0. The molecule has 0 heterocycles. The summed E-state index contributed by atoms with van der Waals surface area (Å²) in [6.45, 7) is 0.755. The van der Waals surface area contributed by atoms with Gasteiger partial charge < -0.3 is 10.4 Å². The van der Waals surface area contributed by atoms with Crippen LogP contribution in [-0.2, 0) is 0 Å². The van der Waals surface area contributed by atoms with E-state index in [9.17, 15) is 5.11 Å². The smallest absolute Gasteiger partial charge is 0.0692 e. The molecule has 0 aliphatic heterocycles. The summed E-state index contributed by atoms with van der Waals surface area (Å²) in [6.07, 6.45) is 6.33. The van der Waals surface area contributed by atoms with Crippen LogP contribution in [0.5, 0.6) is 0 Å². The second kappa shape index (κ2) is 4.73. The van der Waals surface area contributed by atoms with Gasteiger partial charge in [0.05, 0.1) is 6.10 Å². The summed E-state index contributed by atoms with van der Waals surface area (Å²) in [7, 11) is 1.89. The molecule has 0 amide bonds. The number of hydrogen-bond acceptors (Lipinski definition) is 2. The first-order valence-electron chi connectivity index (χ1n) is 4.67. The van der Waals surface area contributed by atoms with Crippen LogP contribution in [-0.4, -0.2) is 24.8 Å². The van der Waals surface area contributed by atoms with Gasteiger partial charge in [0.2, 0.25) is 0 Å². The fourth-order valence-electron chi connectivity index (χ4n) is 1.89. The van der Waals surface area contributed by atoms with Crippen molar-refractivity contribution < 1.29 is 5.11 Å². The van der Waals surface area contributed by atoms with Crippen molar-refractivity contribution in [1.29, 1.82) is 0 Å². The average Bonchev–Trinajstić information content (AvgIpc) is 2.07. The minimum absolute atomic E-state index is 0.111. The molecule has 1 aliphatic carbocycles. The Morgan fingerprint density at radius 3 is 2.55 bits per heavy atom. The van der Waals surface area contributed by atoms with Crippen LogP contribution in [0.1, 0.15) is 32.1 Å². The standard InChI is InChI=1S/C9H19NO/c1-10-7-9(11)8-5-3-2-4-6-8/h8-11H,2-7H2,1H3. The van der Waals surface area contributed by atoms with Gasteiger partial charge in [-0.3, -0.25) is 0 Å². The molecular formula is C9H19NO. The topological polar surface area (TPSA) is 32.3 Å². The quantitative estimate of drug-likeness (QED) is 0.644. The molecule has 0 aromatic carbocycles. The van der Waals surface area contributed by atoms with Crippen LogP contribution >= 0.6 is 0 Å². The highest BCUT2D eigenvalue weighted by atomic mass is 16.3. The first-order valence-corrected chi connectivity index (χ1v) is 4.67. The van der Waals surface area contributed by atoms with Crippen molar-refractivity contribution in [3.05, 3.63) is 0 Å². The first-order chi connectivity index (χ1) is 5.34. The van der Waals surface area contributed by atoms with E-state index in [0.29, 0.717) is 5.92 Å². The zero-order valence-corrected chi connectivity index (χ0v) is 7.34. The molecule has 0 aromatic rings. The summed E-state index contributed by atoms with van der Waals surface area (Å²) in [5.74, 6) is 0.566. The van der Waals surface area contributed by atoms with Crippen molar-refractivity contribution in [2.75, 3.05) is 13.6 Å². The van der Waals surface area contributed by atoms with Gasteiger partial charge in [0.1, 0.15) is 0 Å². The average molecular weight is 157 g/mol. The van der Waals surface area contributed by atoms with E-state index in [1.807, 2.05) is 7.05 Å². The minimum atomic E-state index is -0.111. The normalized spacial score (nSPS) is 23.5. The summed E-state index contributed by atoms with van der Waals surface area (Å²) < 4.78 is 0. The maximum Gasteiger partial charge on any atom is 0.0692 e. The van der Waals surface area contributed by atoms with Crippen LogP contribution < -0.4 is 5.32 Å². The SMILES string of the molecule is CNCC(O)C1CCCCC1. The lowest BCUT2D eigenvalue weighted by molar-refractivity contribution is 0.0859. The minimum Gasteiger partial charge on any atom is -0.392 e. The molecule has 0 spiro atoms. The van der Waals surface area contributed by atoms with Crippen LogP contribution in [0.15, 0.2) is 0 Å². The molecule has 1 fully saturated rings. The molecule has 2 N–H and O–H groups in total. The molecule has 0 bridgehead atoms. The van der Waals surface area contributed by atoms with E-state index < -0.39 is 0 Å². The number of hydrogen-bond donors (Lipinski definition) is 2. The van der Waals surface area contributed by atoms with E-state index in [4.69, 9.17) is 0 Å². The largest absolute Gasteiger partial charge is 0.392 e. The van der Waals surface area contributed by atoms with E-state index in [1.165, 1.54) is 32.1 Å². The molecule has 1 rings (SSSR count). The Bertz CT molecular complexity index is 99.7. The van der Waals surface area contributed by atoms with Gasteiger partial charge in [-0.1, -0.05) is 19.3 Å². The molecule has 2 nitrogen and oxygen atoms in total. The lowest BCUT2D eigenvalue weighted by atomic mass is 9.85. The zero-order chi connectivity index (χ0) is 8.10. The number of likely N-dealkylation sites (N-methyl/N-ethyl adjacent to an activating group) is 1. The van der Waals surface area contributed by atoms with Gasteiger partial charge in [-0.05, 0) is 25.8 Å². The molecular weight excluding hydrogens is 138 g/mol. The Labute approximate surface area is 69.0 Å². The second-order valence-corrected chi connectivity index (χ2v) is 3.52. The third-order valence-electron chi connectivity index (χ3n) is 2.61. The first kappa shape index (κ1) is 9.01. The number of rotatable bonds is 3. The molecule has 1 unspecified atom stereocenters. The van der Waals surface area contributed by atoms with Gasteiger partial charge in [0, 0.05) is 6.54 Å². The molecule has 66 valence electrons. The van der Waals surface area contributed by atoms with Crippen LogP contribution in [0.3, 0.4) is 0 Å². The highest BCUT2D eigenvalue weighted by Crippen LogP contribution is 2.25. The summed E-state index contributed by atoms with van der Waals surface area (Å²) >= 11 is 0. The number of aliphatic hydroxyl groups excluding tert-OH is 1. The van der Waals surface area contributed by atoms with E-state index in [1.54, 1.807) is 0 Å². The summed E-state index contributed by atoms with van der Waals surface area (Å²) in [6, 6.07) is 0. The fourth-order valence-corrected chi connectivity index (χ4v) is 1.89. The van der Waals surface area contributed by atoms with Crippen LogP contribution in [0.4, 0.5) is 0 Å². The molecule has 2 heteroatoms. The van der Waals surface area contributed by atoms with Crippen molar-refractivity contribution in [3.63, 3.8) is 0 Å². The van der Waals surface area contributed by atoms with Crippen LogP contribution in [0.2, 0.25) is 0 Å². The highest BCUT2D eigenvalue weighted by molar-refractivity contribution is 4.73. The molecule has 0 aromatic heterocycles. The van der Waals surface area contributed by atoms with Gasteiger partial charge in [-0.2, -0.15) is 0 Å². The highest BCUT2D eigenvalue weighted by Gasteiger charge is 2.20. The Balaban J connectivity index is 2.21. The Hall–Kier alpha value is -0.0800. The van der Waals surface area contributed by atoms with Crippen molar-refractivity contribution in [3.8, 4) is 0 Å². The van der Waals surface area contributed by atoms with Crippen molar-refractivity contribution in [1.82, 2.24) is 5.32 Å². The lowest BCUT2D eigenvalue weighted by Gasteiger charge is -2.26. The van der Waals surface area contributed by atoms with Crippen molar-refractivity contribution in [2.24, 2.45) is 5.92 Å². The van der Waals surface area contributed by atoms with Crippen molar-refractivity contribution >= 4 is 0 Å². The maximum atomic E-state index is 9.61. The monoisotopic (exact) mass is 157 g/mol. The van der Waals surface area contributed by atoms with E-state index in [2.05, 4.69) is 5.32 Å². The van der Waals surface area contributed by atoms with Gasteiger partial charge in [0.25, 0.3) is 0 Å². The fraction of sp³-hybridized carbons (Fsp3) is 1.00. The Morgan fingerprint density at radius 1 is 1.36 bits per heavy atom. The van der Waals surface area contributed by atoms with Gasteiger partial charge in [-0.25, -0.2) is 0 Å². The van der Waals surface area contributed by atoms with Gasteiger partial charge in [0.15, 0.2) is 0 Å². The lowest BCUT2D eigenvalue weighted by Crippen LogP contribution is -2.32. The molecule has 1 aliphatic rings. The number of nitrogens with one attached hydrogen (secondary N) is 1. The van der Waals surface area contributed by atoms with E-state index in [-0.39, 0.29) is 6.10 Å². The second-order valence-electron chi connectivity index (χ2n) is 3.52. The van der Waals surface area contributed by atoms with Crippen LogP contribution in [0.25, 0.3) is 0 Å². The molecule has 1 saturated carbocycles. The Kier molecular flexibility index (Phi) is 3.87.